The summed E-state index contributed by atoms with van der Waals surface area (Å²) in [7, 11) is 0. The van der Waals surface area contributed by atoms with Crippen molar-refractivity contribution >= 4 is 41.8 Å². The summed E-state index contributed by atoms with van der Waals surface area (Å²) in [6.45, 7) is 8.61. The summed E-state index contributed by atoms with van der Waals surface area (Å²) in [5.74, 6) is 1.04. The van der Waals surface area contributed by atoms with E-state index in [2.05, 4.69) is 59.8 Å². The highest BCUT2D eigenvalue weighted by molar-refractivity contribution is 14.0. The summed E-state index contributed by atoms with van der Waals surface area (Å²) >= 11 is 0. The zero-order valence-electron chi connectivity index (χ0n) is 18.6. The van der Waals surface area contributed by atoms with Gasteiger partial charge in [0.2, 0.25) is 11.8 Å². The highest BCUT2D eigenvalue weighted by Gasteiger charge is 2.58. The van der Waals surface area contributed by atoms with Crippen molar-refractivity contribution < 1.29 is 9.59 Å². The first-order valence-electron chi connectivity index (χ1n) is 11.1. The first kappa shape index (κ1) is 23.8. The minimum atomic E-state index is -0.118. The largest absolute Gasteiger partial charge is 0.357 e. The summed E-state index contributed by atoms with van der Waals surface area (Å²) in [6.07, 6.45) is 6.11. The first-order valence-corrected chi connectivity index (χ1v) is 11.1. The van der Waals surface area contributed by atoms with Crippen molar-refractivity contribution in [3.05, 3.63) is 47.0 Å². The molecule has 0 spiro atoms. The monoisotopic (exact) mass is 536 g/mol. The van der Waals surface area contributed by atoms with Crippen LogP contribution in [0.5, 0.6) is 0 Å². The molecule has 0 radical (unpaired) electrons. The van der Waals surface area contributed by atoms with E-state index in [1.165, 1.54) is 21.6 Å². The van der Waals surface area contributed by atoms with Gasteiger partial charge in [-0.1, -0.05) is 35.9 Å². The normalized spacial score (nSPS) is 26.3. The third-order valence-corrected chi connectivity index (χ3v) is 6.68. The molecule has 1 saturated carbocycles. The second-order valence-corrected chi connectivity index (χ2v) is 8.70. The van der Waals surface area contributed by atoms with E-state index >= 15 is 0 Å². The van der Waals surface area contributed by atoms with E-state index in [1.54, 1.807) is 0 Å². The summed E-state index contributed by atoms with van der Waals surface area (Å²) in [5.41, 5.74) is 3.88. The first-order chi connectivity index (χ1) is 14.5. The number of halogens is 1. The zero-order chi connectivity index (χ0) is 21.3. The molecule has 4 unspecified atom stereocenters. The Bertz CT molecular complexity index is 868. The molecule has 4 rings (SSSR count). The lowest BCUT2D eigenvalue weighted by Gasteiger charge is -2.18. The van der Waals surface area contributed by atoms with E-state index in [9.17, 15) is 9.59 Å². The van der Waals surface area contributed by atoms with Gasteiger partial charge in [-0.2, -0.15) is 0 Å². The van der Waals surface area contributed by atoms with Crippen LogP contribution in [0.2, 0.25) is 0 Å². The van der Waals surface area contributed by atoms with Gasteiger partial charge in [-0.3, -0.25) is 19.5 Å². The van der Waals surface area contributed by atoms with Gasteiger partial charge in [0.15, 0.2) is 5.96 Å². The molecule has 1 heterocycles. The molecule has 2 bridgehead atoms. The number of guanidine groups is 1. The Morgan fingerprint density at radius 3 is 2.39 bits per heavy atom. The van der Waals surface area contributed by atoms with Crippen LogP contribution in [0.3, 0.4) is 0 Å². The van der Waals surface area contributed by atoms with Crippen LogP contribution in [-0.2, 0) is 16.0 Å². The molecule has 0 aromatic heterocycles. The lowest BCUT2D eigenvalue weighted by Crippen LogP contribution is -2.43. The van der Waals surface area contributed by atoms with Crippen LogP contribution in [-0.4, -0.2) is 48.9 Å². The highest BCUT2D eigenvalue weighted by Crippen LogP contribution is 2.52. The quantitative estimate of drug-likeness (QED) is 0.185. The maximum atomic E-state index is 12.8. The number of carbonyl (C=O) groups is 2. The van der Waals surface area contributed by atoms with Crippen molar-refractivity contribution in [1.29, 1.82) is 0 Å². The number of allylic oxidation sites excluding steroid dienone is 2. The lowest BCUT2D eigenvalue weighted by molar-refractivity contribution is -0.140. The van der Waals surface area contributed by atoms with Crippen molar-refractivity contribution in [2.45, 2.75) is 33.6 Å². The number of nitrogens with zero attached hydrogens (tertiary/aromatic N) is 2. The second-order valence-electron chi connectivity index (χ2n) is 8.70. The number of carbonyl (C=O) groups excluding carboxylic acids is 2. The fourth-order valence-corrected chi connectivity index (χ4v) is 5.23. The number of amides is 2. The van der Waals surface area contributed by atoms with Crippen molar-refractivity contribution in [3.8, 4) is 0 Å². The Kier molecular flexibility index (Phi) is 7.78. The van der Waals surface area contributed by atoms with E-state index in [1.807, 2.05) is 6.92 Å². The fourth-order valence-electron chi connectivity index (χ4n) is 5.23. The predicted octanol–water partition coefficient (Wildman–Crippen LogP) is 2.83. The molecule has 7 heteroatoms. The molecule has 168 valence electrons. The van der Waals surface area contributed by atoms with Crippen LogP contribution in [0.1, 0.15) is 30.0 Å². The Labute approximate surface area is 202 Å². The standard InChI is InChI=1S/C24H32N4O2.HI/c1-4-25-24(26-10-9-17-6-5-15(2)13-16(17)3)27-11-12-28-22(29)20-18-7-8-19(14-18)21(20)23(28)30;/h5-8,13,18-21H,4,9-12,14H2,1-3H3,(H2,25,26,27);1H. The molecule has 2 fully saturated rings. The van der Waals surface area contributed by atoms with E-state index in [0.29, 0.717) is 19.6 Å². The third-order valence-electron chi connectivity index (χ3n) is 6.68. The molecule has 1 aromatic rings. The Morgan fingerprint density at radius 1 is 1.10 bits per heavy atom. The van der Waals surface area contributed by atoms with E-state index in [4.69, 9.17) is 0 Å². The lowest BCUT2D eigenvalue weighted by atomic mass is 9.85. The number of likely N-dealkylation sites (tertiary alicyclic amines) is 1. The van der Waals surface area contributed by atoms with Crippen LogP contribution < -0.4 is 10.6 Å². The van der Waals surface area contributed by atoms with Crippen LogP contribution in [0.4, 0.5) is 0 Å². The number of aliphatic imine (C=N–C) groups is 1. The number of aryl methyl sites for hydroxylation is 2. The minimum absolute atomic E-state index is 0. The van der Waals surface area contributed by atoms with Gasteiger partial charge in [0, 0.05) is 26.2 Å². The van der Waals surface area contributed by atoms with E-state index in [-0.39, 0.29) is 59.5 Å². The van der Waals surface area contributed by atoms with Gasteiger partial charge in [0.25, 0.3) is 0 Å². The Morgan fingerprint density at radius 2 is 1.77 bits per heavy atom. The zero-order valence-corrected chi connectivity index (χ0v) is 20.9. The smallest absolute Gasteiger partial charge is 0.233 e. The molecule has 2 amide bonds. The van der Waals surface area contributed by atoms with Gasteiger partial charge in [-0.15, -0.1) is 24.0 Å². The van der Waals surface area contributed by atoms with E-state index in [0.717, 1.165) is 25.3 Å². The number of fused-ring (bicyclic) bond motifs is 5. The summed E-state index contributed by atoms with van der Waals surface area (Å²) < 4.78 is 0. The molecule has 6 nitrogen and oxygen atoms in total. The average molecular weight is 536 g/mol. The van der Waals surface area contributed by atoms with Crippen LogP contribution in [0.25, 0.3) is 0 Å². The maximum Gasteiger partial charge on any atom is 0.233 e. The highest BCUT2D eigenvalue weighted by atomic mass is 127. The van der Waals surface area contributed by atoms with Gasteiger partial charge in [0.1, 0.15) is 0 Å². The number of hydrogen-bond donors (Lipinski definition) is 2. The van der Waals surface area contributed by atoms with Gasteiger partial charge in [0.05, 0.1) is 11.8 Å². The second kappa shape index (κ2) is 10.1. The molecule has 2 aliphatic carbocycles. The summed E-state index contributed by atoms with van der Waals surface area (Å²) in [4.78, 5) is 31.7. The molecule has 4 atom stereocenters. The molecule has 1 aromatic carbocycles. The molecule has 1 aliphatic heterocycles. The van der Waals surface area contributed by atoms with Crippen LogP contribution in [0.15, 0.2) is 35.3 Å². The molecule has 31 heavy (non-hydrogen) atoms. The number of benzene rings is 1. The van der Waals surface area contributed by atoms with Crippen LogP contribution in [0, 0.1) is 37.5 Å². The van der Waals surface area contributed by atoms with Crippen molar-refractivity contribution in [2.75, 3.05) is 26.2 Å². The SMILES string of the molecule is CCNC(=NCCc1ccc(C)cc1C)NCCN1C(=O)C2C3C=CC(C3)C2C1=O.I. The Hall–Kier alpha value is -1.90. The average Bonchev–Trinajstić information content (AvgIpc) is 3.39. The molecular formula is C24H33IN4O2. The topological polar surface area (TPSA) is 73.8 Å². The van der Waals surface area contributed by atoms with Gasteiger partial charge >= 0.3 is 0 Å². The molecular weight excluding hydrogens is 503 g/mol. The van der Waals surface area contributed by atoms with Gasteiger partial charge in [-0.05, 0) is 56.6 Å². The van der Waals surface area contributed by atoms with Gasteiger partial charge < -0.3 is 10.6 Å². The third kappa shape index (κ3) is 4.81. The van der Waals surface area contributed by atoms with E-state index < -0.39 is 0 Å². The maximum absolute atomic E-state index is 12.8. The number of hydrogen-bond acceptors (Lipinski definition) is 3. The number of imide groups is 1. The van der Waals surface area contributed by atoms with Crippen molar-refractivity contribution in [1.82, 2.24) is 15.5 Å². The van der Waals surface area contributed by atoms with Crippen LogP contribution >= 0.6 is 24.0 Å². The molecule has 2 N–H and O–H groups in total. The predicted molar refractivity (Wildman–Crippen MR) is 133 cm³/mol. The summed E-state index contributed by atoms with van der Waals surface area (Å²) in [6, 6.07) is 6.50. The number of rotatable bonds is 7. The Balaban J connectivity index is 0.00000272. The van der Waals surface area contributed by atoms with Crippen molar-refractivity contribution in [3.63, 3.8) is 0 Å². The number of nitrogens with one attached hydrogen (secondary N) is 2. The van der Waals surface area contributed by atoms with Gasteiger partial charge in [-0.25, -0.2) is 0 Å². The summed E-state index contributed by atoms with van der Waals surface area (Å²) in [5, 5.41) is 6.52. The minimum Gasteiger partial charge on any atom is -0.357 e. The van der Waals surface area contributed by atoms with Crippen molar-refractivity contribution in [2.24, 2.45) is 28.7 Å². The fraction of sp³-hybridized carbons (Fsp3) is 0.542. The molecule has 3 aliphatic rings. The molecule has 1 saturated heterocycles.